The van der Waals surface area contributed by atoms with Gasteiger partial charge in [0, 0.05) is 43.1 Å². The van der Waals surface area contributed by atoms with Crippen molar-refractivity contribution in [2.45, 2.75) is 0 Å². The maximum Gasteiger partial charge on any atom is 0.257 e. The van der Waals surface area contributed by atoms with Crippen molar-refractivity contribution >= 4 is 40.5 Å². The Labute approximate surface area is 208 Å². The zero-order valence-corrected chi connectivity index (χ0v) is 20.0. The first kappa shape index (κ1) is 24.2. The molecule has 1 heterocycles. The fraction of sp³-hybridized carbons (Fsp3) is 0.192. The fourth-order valence-corrected chi connectivity index (χ4v) is 4.04. The van der Waals surface area contributed by atoms with Crippen LogP contribution in [0.3, 0.4) is 0 Å². The summed E-state index contributed by atoms with van der Waals surface area (Å²) in [4.78, 5) is 28.9. The van der Waals surface area contributed by atoms with Crippen molar-refractivity contribution in [3.8, 4) is 5.75 Å². The first-order valence-corrected chi connectivity index (χ1v) is 11.5. The van der Waals surface area contributed by atoms with Crippen molar-refractivity contribution in [2.24, 2.45) is 0 Å². The van der Waals surface area contributed by atoms with Gasteiger partial charge in [0.05, 0.1) is 12.7 Å². The van der Waals surface area contributed by atoms with Gasteiger partial charge < -0.3 is 19.9 Å². The van der Waals surface area contributed by atoms with E-state index in [1.807, 2.05) is 24.3 Å². The summed E-state index contributed by atoms with van der Waals surface area (Å²) in [5.41, 5.74) is 2.28. The number of nitrogens with one attached hydrogen (secondary N) is 2. The lowest BCUT2D eigenvalue weighted by molar-refractivity contribution is 0.0742. The highest BCUT2D eigenvalue weighted by molar-refractivity contribution is 7.80. The molecule has 9 heteroatoms. The highest BCUT2D eigenvalue weighted by Gasteiger charge is 2.24. The average molecular weight is 493 g/mol. The number of methoxy groups -OCH3 is 1. The van der Waals surface area contributed by atoms with Gasteiger partial charge in [0.15, 0.2) is 5.11 Å². The molecule has 4 rings (SSSR count). The van der Waals surface area contributed by atoms with Crippen molar-refractivity contribution in [2.75, 3.05) is 43.5 Å². The smallest absolute Gasteiger partial charge is 0.257 e. The summed E-state index contributed by atoms with van der Waals surface area (Å²) in [5, 5.41) is 5.85. The van der Waals surface area contributed by atoms with E-state index in [1.54, 1.807) is 41.3 Å². The molecule has 0 aliphatic carbocycles. The third kappa shape index (κ3) is 5.93. The zero-order chi connectivity index (χ0) is 24.8. The summed E-state index contributed by atoms with van der Waals surface area (Å²) in [6.07, 6.45) is 0. The van der Waals surface area contributed by atoms with E-state index in [1.165, 1.54) is 19.2 Å². The van der Waals surface area contributed by atoms with Gasteiger partial charge in [-0.05, 0) is 66.8 Å². The maximum atomic E-state index is 14.0. The molecular formula is C26H25FN4O3S. The molecule has 0 saturated carbocycles. The van der Waals surface area contributed by atoms with Gasteiger partial charge in [0.25, 0.3) is 11.8 Å². The molecule has 1 aliphatic heterocycles. The van der Waals surface area contributed by atoms with Gasteiger partial charge >= 0.3 is 0 Å². The second-order valence-corrected chi connectivity index (χ2v) is 8.35. The molecule has 2 N–H and O–H groups in total. The summed E-state index contributed by atoms with van der Waals surface area (Å²) in [6.45, 7) is 2.30. The Kier molecular flexibility index (Phi) is 7.57. The normalized spacial score (nSPS) is 13.2. The lowest BCUT2D eigenvalue weighted by Gasteiger charge is -2.36. The van der Waals surface area contributed by atoms with Crippen LogP contribution >= 0.6 is 12.2 Å². The monoisotopic (exact) mass is 492 g/mol. The van der Waals surface area contributed by atoms with Gasteiger partial charge in [0.2, 0.25) is 0 Å². The second-order valence-electron chi connectivity index (χ2n) is 7.95. The third-order valence-electron chi connectivity index (χ3n) is 5.72. The predicted molar refractivity (Wildman–Crippen MR) is 138 cm³/mol. The van der Waals surface area contributed by atoms with Gasteiger partial charge in [-0.15, -0.1) is 0 Å². The Hall–Kier alpha value is -3.98. The second kappa shape index (κ2) is 11.0. The van der Waals surface area contributed by atoms with Crippen LogP contribution in [-0.2, 0) is 0 Å². The Balaban J connectivity index is 1.29. The number of anilines is 2. The lowest BCUT2D eigenvalue weighted by Crippen LogP contribution is -2.49. The molecule has 0 atom stereocenters. The van der Waals surface area contributed by atoms with Crippen LogP contribution in [0.2, 0.25) is 0 Å². The predicted octanol–water partition coefficient (Wildman–Crippen LogP) is 3.92. The minimum atomic E-state index is -0.499. The number of nitrogens with zero attached hydrogens (tertiary/aromatic N) is 2. The number of hydrogen-bond acceptors (Lipinski definition) is 5. The molecule has 1 saturated heterocycles. The van der Waals surface area contributed by atoms with E-state index in [4.69, 9.17) is 17.0 Å². The van der Waals surface area contributed by atoms with Crippen LogP contribution in [-0.4, -0.2) is 55.1 Å². The molecule has 3 aromatic carbocycles. The number of hydrogen-bond donors (Lipinski definition) is 2. The summed E-state index contributed by atoms with van der Waals surface area (Å²) in [6, 6.07) is 20.5. The van der Waals surface area contributed by atoms with E-state index >= 15 is 0 Å². The molecule has 2 amide bonds. The molecule has 35 heavy (non-hydrogen) atoms. The first-order valence-electron chi connectivity index (χ1n) is 11.1. The van der Waals surface area contributed by atoms with E-state index in [2.05, 4.69) is 15.5 Å². The third-order valence-corrected chi connectivity index (χ3v) is 5.92. The topological polar surface area (TPSA) is 73.9 Å². The molecule has 180 valence electrons. The molecule has 1 aliphatic rings. The highest BCUT2D eigenvalue weighted by atomic mass is 32.1. The quantitative estimate of drug-likeness (QED) is 0.526. The number of piperazine rings is 1. The molecule has 3 aromatic rings. The van der Waals surface area contributed by atoms with E-state index in [9.17, 15) is 14.0 Å². The van der Waals surface area contributed by atoms with Crippen molar-refractivity contribution in [3.63, 3.8) is 0 Å². The van der Waals surface area contributed by atoms with Gasteiger partial charge in [0.1, 0.15) is 11.6 Å². The lowest BCUT2D eigenvalue weighted by atomic mass is 10.1. The number of halogens is 1. The van der Waals surface area contributed by atoms with Crippen molar-refractivity contribution in [3.05, 3.63) is 89.7 Å². The number of amides is 2. The highest BCUT2D eigenvalue weighted by Crippen LogP contribution is 2.21. The van der Waals surface area contributed by atoms with E-state index in [0.29, 0.717) is 37.5 Å². The number of ether oxygens (including phenoxy) is 1. The average Bonchev–Trinajstić information content (AvgIpc) is 2.89. The standard InChI is InChI=1S/C26H25FN4O3S/c1-34-21-6-4-5-18(17-21)24(32)29-26(35)28-19-9-11-20(12-10-19)30-13-15-31(16-14-30)25(33)22-7-2-3-8-23(22)27/h2-12,17H,13-16H2,1H3,(H2,28,29,32,35). The molecule has 0 unspecified atom stereocenters. The molecule has 0 bridgehead atoms. The maximum absolute atomic E-state index is 14.0. The first-order chi connectivity index (χ1) is 16.9. The number of carbonyl (C=O) groups excluding carboxylic acids is 2. The van der Waals surface area contributed by atoms with Crippen molar-refractivity contribution in [1.82, 2.24) is 10.2 Å². The van der Waals surface area contributed by atoms with Gasteiger partial charge in [-0.25, -0.2) is 4.39 Å². The van der Waals surface area contributed by atoms with E-state index in [-0.39, 0.29) is 22.5 Å². The summed E-state index contributed by atoms with van der Waals surface area (Å²) >= 11 is 5.27. The Morgan fingerprint density at radius 3 is 2.34 bits per heavy atom. The fourth-order valence-electron chi connectivity index (χ4n) is 3.83. The largest absolute Gasteiger partial charge is 0.497 e. The van der Waals surface area contributed by atoms with Crippen LogP contribution < -0.4 is 20.3 Å². The zero-order valence-electron chi connectivity index (χ0n) is 19.2. The SMILES string of the molecule is COc1cccc(C(=O)NC(=S)Nc2ccc(N3CCN(C(=O)c4ccccc4F)CC3)cc2)c1. The van der Waals surface area contributed by atoms with Gasteiger partial charge in [-0.3, -0.25) is 14.9 Å². The van der Waals surface area contributed by atoms with Crippen LogP contribution in [0.4, 0.5) is 15.8 Å². The van der Waals surface area contributed by atoms with Crippen LogP contribution in [0.5, 0.6) is 5.75 Å². The van der Waals surface area contributed by atoms with Crippen molar-refractivity contribution < 1.29 is 18.7 Å². The summed E-state index contributed by atoms with van der Waals surface area (Å²) in [7, 11) is 1.54. The Morgan fingerprint density at radius 2 is 1.66 bits per heavy atom. The van der Waals surface area contributed by atoms with E-state index < -0.39 is 5.82 Å². The number of rotatable bonds is 5. The summed E-state index contributed by atoms with van der Waals surface area (Å²) in [5.74, 6) is -0.530. The van der Waals surface area contributed by atoms with E-state index in [0.717, 1.165) is 11.4 Å². The number of benzene rings is 3. The minimum absolute atomic E-state index is 0.103. The number of carbonyl (C=O) groups is 2. The number of thiocarbonyl (C=S) groups is 1. The molecule has 0 spiro atoms. The van der Waals surface area contributed by atoms with Crippen LogP contribution in [0.15, 0.2) is 72.8 Å². The Bertz CT molecular complexity index is 1230. The van der Waals surface area contributed by atoms with Crippen LogP contribution in [0.1, 0.15) is 20.7 Å². The summed E-state index contributed by atoms with van der Waals surface area (Å²) < 4.78 is 19.1. The minimum Gasteiger partial charge on any atom is -0.497 e. The van der Waals surface area contributed by atoms with Gasteiger partial charge in [-0.1, -0.05) is 18.2 Å². The Morgan fingerprint density at radius 1 is 0.943 bits per heavy atom. The van der Waals surface area contributed by atoms with Gasteiger partial charge in [-0.2, -0.15) is 0 Å². The molecule has 0 aromatic heterocycles. The van der Waals surface area contributed by atoms with Crippen molar-refractivity contribution in [1.29, 1.82) is 0 Å². The van der Waals surface area contributed by atoms with Crippen LogP contribution in [0.25, 0.3) is 0 Å². The molecule has 0 radical (unpaired) electrons. The molecule has 7 nitrogen and oxygen atoms in total. The molecular weight excluding hydrogens is 467 g/mol. The molecule has 1 fully saturated rings. The van der Waals surface area contributed by atoms with Crippen LogP contribution in [0, 0.1) is 5.82 Å².